The van der Waals surface area contributed by atoms with E-state index in [1.807, 2.05) is 6.07 Å². The van der Waals surface area contributed by atoms with Crippen LogP contribution in [0.1, 0.15) is 26.3 Å². The fourth-order valence-electron chi connectivity index (χ4n) is 2.76. The molecule has 2 heterocycles. The van der Waals surface area contributed by atoms with Gasteiger partial charge in [0.2, 0.25) is 6.79 Å². The van der Waals surface area contributed by atoms with Crippen LogP contribution in [0.25, 0.3) is 0 Å². The van der Waals surface area contributed by atoms with Crippen molar-refractivity contribution in [3.8, 4) is 11.5 Å². The standard InChI is InChI=1S/C15H22N2O2/c1-11-7-16-15(2,3)9-17(11)8-12-4-5-13-14(6-12)19-10-18-13/h4-6,11,16H,7-10H2,1-3H3. The van der Waals surface area contributed by atoms with E-state index in [9.17, 15) is 0 Å². The van der Waals surface area contributed by atoms with Crippen molar-refractivity contribution in [2.75, 3.05) is 19.9 Å². The maximum absolute atomic E-state index is 5.44. The molecule has 4 heteroatoms. The van der Waals surface area contributed by atoms with Gasteiger partial charge in [0.1, 0.15) is 0 Å². The lowest BCUT2D eigenvalue weighted by atomic mass is 9.98. The number of fused-ring (bicyclic) bond motifs is 1. The van der Waals surface area contributed by atoms with Gasteiger partial charge in [-0.2, -0.15) is 0 Å². The molecule has 104 valence electrons. The SMILES string of the molecule is CC1CNC(C)(C)CN1Cc1ccc2c(c1)OCO2. The molecular formula is C15H22N2O2. The van der Waals surface area contributed by atoms with Crippen molar-refractivity contribution in [1.29, 1.82) is 0 Å². The lowest BCUT2D eigenvalue weighted by Gasteiger charge is -2.43. The maximum Gasteiger partial charge on any atom is 0.231 e. The molecule has 1 N–H and O–H groups in total. The third-order valence-corrected chi connectivity index (χ3v) is 3.92. The van der Waals surface area contributed by atoms with Crippen LogP contribution in [-0.4, -0.2) is 36.4 Å². The number of nitrogens with one attached hydrogen (secondary N) is 1. The molecule has 1 aromatic carbocycles. The molecule has 1 atom stereocenters. The lowest BCUT2D eigenvalue weighted by Crippen LogP contribution is -2.60. The molecule has 0 amide bonds. The smallest absolute Gasteiger partial charge is 0.231 e. The molecule has 0 bridgehead atoms. The van der Waals surface area contributed by atoms with Crippen molar-refractivity contribution in [1.82, 2.24) is 10.2 Å². The largest absolute Gasteiger partial charge is 0.454 e. The summed E-state index contributed by atoms with van der Waals surface area (Å²) in [6.07, 6.45) is 0. The zero-order valence-electron chi connectivity index (χ0n) is 11.9. The Kier molecular flexibility index (Phi) is 3.15. The summed E-state index contributed by atoms with van der Waals surface area (Å²) < 4.78 is 10.8. The number of benzene rings is 1. The third-order valence-electron chi connectivity index (χ3n) is 3.92. The molecular weight excluding hydrogens is 240 g/mol. The highest BCUT2D eigenvalue weighted by molar-refractivity contribution is 5.44. The van der Waals surface area contributed by atoms with Gasteiger partial charge in [0.05, 0.1) is 0 Å². The average Bonchev–Trinajstić information content (AvgIpc) is 2.81. The zero-order chi connectivity index (χ0) is 13.5. The molecule has 1 saturated heterocycles. The van der Waals surface area contributed by atoms with E-state index >= 15 is 0 Å². The van der Waals surface area contributed by atoms with Crippen LogP contribution >= 0.6 is 0 Å². The molecule has 2 aliphatic rings. The van der Waals surface area contributed by atoms with Gasteiger partial charge in [-0.25, -0.2) is 0 Å². The summed E-state index contributed by atoms with van der Waals surface area (Å²) in [6, 6.07) is 6.80. The minimum atomic E-state index is 0.183. The van der Waals surface area contributed by atoms with Crippen LogP contribution in [0.2, 0.25) is 0 Å². The van der Waals surface area contributed by atoms with E-state index in [0.29, 0.717) is 12.8 Å². The summed E-state index contributed by atoms with van der Waals surface area (Å²) in [7, 11) is 0. The van der Waals surface area contributed by atoms with Crippen LogP contribution in [0.4, 0.5) is 0 Å². The second-order valence-corrected chi connectivity index (χ2v) is 6.21. The van der Waals surface area contributed by atoms with Gasteiger partial charge in [-0.15, -0.1) is 0 Å². The Morgan fingerprint density at radius 2 is 2.11 bits per heavy atom. The lowest BCUT2D eigenvalue weighted by molar-refractivity contribution is 0.0977. The molecule has 0 aromatic heterocycles. The Morgan fingerprint density at radius 1 is 1.32 bits per heavy atom. The zero-order valence-corrected chi connectivity index (χ0v) is 11.9. The molecule has 1 fully saturated rings. The summed E-state index contributed by atoms with van der Waals surface area (Å²) in [6.45, 7) is 10.2. The molecule has 0 saturated carbocycles. The topological polar surface area (TPSA) is 33.7 Å². The van der Waals surface area contributed by atoms with Gasteiger partial charge in [-0.3, -0.25) is 4.90 Å². The Balaban J connectivity index is 1.73. The second kappa shape index (κ2) is 4.69. The maximum atomic E-state index is 5.44. The molecule has 4 nitrogen and oxygen atoms in total. The first-order valence-electron chi connectivity index (χ1n) is 6.91. The van der Waals surface area contributed by atoms with Crippen molar-refractivity contribution < 1.29 is 9.47 Å². The van der Waals surface area contributed by atoms with Crippen molar-refractivity contribution in [3.63, 3.8) is 0 Å². The summed E-state index contributed by atoms with van der Waals surface area (Å²) >= 11 is 0. The summed E-state index contributed by atoms with van der Waals surface area (Å²) in [5.41, 5.74) is 1.47. The molecule has 0 aliphatic carbocycles. The van der Waals surface area contributed by atoms with Gasteiger partial charge in [-0.05, 0) is 38.5 Å². The first-order chi connectivity index (χ1) is 9.03. The third kappa shape index (κ3) is 2.69. The fourth-order valence-corrected chi connectivity index (χ4v) is 2.76. The van der Waals surface area contributed by atoms with Crippen LogP contribution in [-0.2, 0) is 6.54 Å². The van der Waals surface area contributed by atoms with E-state index < -0.39 is 0 Å². The van der Waals surface area contributed by atoms with Gasteiger partial charge in [0.25, 0.3) is 0 Å². The first kappa shape index (κ1) is 12.8. The van der Waals surface area contributed by atoms with Gasteiger partial charge < -0.3 is 14.8 Å². The minimum Gasteiger partial charge on any atom is -0.454 e. The average molecular weight is 262 g/mol. The normalized spacial score (nSPS) is 25.5. The van der Waals surface area contributed by atoms with E-state index in [-0.39, 0.29) is 5.54 Å². The van der Waals surface area contributed by atoms with Gasteiger partial charge in [0.15, 0.2) is 11.5 Å². The number of rotatable bonds is 2. The molecule has 1 aromatic rings. The van der Waals surface area contributed by atoms with Crippen LogP contribution < -0.4 is 14.8 Å². The minimum absolute atomic E-state index is 0.183. The number of hydrogen-bond donors (Lipinski definition) is 1. The Bertz CT molecular complexity index is 473. The van der Waals surface area contributed by atoms with Gasteiger partial charge in [-0.1, -0.05) is 6.07 Å². The number of hydrogen-bond acceptors (Lipinski definition) is 4. The predicted molar refractivity (Wildman–Crippen MR) is 74.5 cm³/mol. The Hall–Kier alpha value is -1.26. The first-order valence-corrected chi connectivity index (χ1v) is 6.91. The summed E-state index contributed by atoms with van der Waals surface area (Å²) in [4.78, 5) is 2.52. The van der Waals surface area contributed by atoms with Crippen LogP contribution in [0.5, 0.6) is 11.5 Å². The molecule has 0 radical (unpaired) electrons. The Morgan fingerprint density at radius 3 is 2.95 bits per heavy atom. The molecule has 19 heavy (non-hydrogen) atoms. The quantitative estimate of drug-likeness (QED) is 0.884. The highest BCUT2D eigenvalue weighted by Crippen LogP contribution is 2.33. The van der Waals surface area contributed by atoms with Crippen LogP contribution in [0.3, 0.4) is 0 Å². The molecule has 1 unspecified atom stereocenters. The number of ether oxygens (including phenoxy) is 2. The van der Waals surface area contributed by atoms with Crippen molar-refractivity contribution in [3.05, 3.63) is 23.8 Å². The van der Waals surface area contributed by atoms with E-state index in [0.717, 1.165) is 31.1 Å². The molecule has 0 spiro atoms. The van der Waals surface area contributed by atoms with Gasteiger partial charge >= 0.3 is 0 Å². The predicted octanol–water partition coefficient (Wildman–Crippen LogP) is 1.99. The van der Waals surface area contributed by atoms with E-state index in [1.54, 1.807) is 0 Å². The molecule has 3 rings (SSSR count). The van der Waals surface area contributed by atoms with Crippen molar-refractivity contribution in [2.24, 2.45) is 0 Å². The van der Waals surface area contributed by atoms with Crippen LogP contribution in [0, 0.1) is 0 Å². The second-order valence-electron chi connectivity index (χ2n) is 6.21. The van der Waals surface area contributed by atoms with Crippen molar-refractivity contribution >= 4 is 0 Å². The summed E-state index contributed by atoms with van der Waals surface area (Å²) in [5, 5.41) is 3.58. The Labute approximate surface area is 114 Å². The van der Waals surface area contributed by atoms with Crippen LogP contribution in [0.15, 0.2) is 18.2 Å². The van der Waals surface area contributed by atoms with E-state index in [2.05, 4.69) is 43.1 Å². The molecule has 2 aliphatic heterocycles. The van der Waals surface area contributed by atoms with E-state index in [1.165, 1.54) is 5.56 Å². The number of piperazine rings is 1. The fraction of sp³-hybridized carbons (Fsp3) is 0.600. The van der Waals surface area contributed by atoms with E-state index in [4.69, 9.17) is 9.47 Å². The van der Waals surface area contributed by atoms with Crippen molar-refractivity contribution in [2.45, 2.75) is 38.9 Å². The highest BCUT2D eigenvalue weighted by Gasteiger charge is 2.30. The monoisotopic (exact) mass is 262 g/mol. The number of nitrogens with zero attached hydrogens (tertiary/aromatic N) is 1. The van der Waals surface area contributed by atoms with Gasteiger partial charge in [0, 0.05) is 31.2 Å². The summed E-state index contributed by atoms with van der Waals surface area (Å²) in [5.74, 6) is 1.73. The highest BCUT2D eigenvalue weighted by atomic mass is 16.7.